The van der Waals surface area contributed by atoms with Gasteiger partial charge in [0.1, 0.15) is 5.75 Å². The van der Waals surface area contributed by atoms with Crippen LogP contribution in [0.3, 0.4) is 0 Å². The molecule has 1 N–H and O–H groups in total. The number of amides is 1. The monoisotopic (exact) mass is 426 g/mol. The van der Waals surface area contributed by atoms with Gasteiger partial charge in [-0.15, -0.1) is 11.3 Å². The number of thiazole rings is 1. The van der Waals surface area contributed by atoms with E-state index < -0.39 is 31.4 Å². The van der Waals surface area contributed by atoms with Crippen molar-refractivity contribution in [2.45, 2.75) is 17.7 Å². The summed E-state index contributed by atoms with van der Waals surface area (Å²) >= 11 is 1.27. The van der Waals surface area contributed by atoms with Crippen molar-refractivity contribution in [2.24, 2.45) is 5.92 Å². The zero-order valence-corrected chi connectivity index (χ0v) is 16.5. The van der Waals surface area contributed by atoms with Gasteiger partial charge in [0.05, 0.1) is 24.0 Å². The second kappa shape index (κ2) is 8.20. The van der Waals surface area contributed by atoms with Crippen LogP contribution < -0.4 is 10.1 Å². The van der Waals surface area contributed by atoms with Crippen molar-refractivity contribution in [3.63, 3.8) is 0 Å². The van der Waals surface area contributed by atoms with Gasteiger partial charge in [-0.25, -0.2) is 13.4 Å². The molecule has 2 aromatic rings. The summed E-state index contributed by atoms with van der Waals surface area (Å²) in [4.78, 5) is 26.6. The molecule has 0 saturated carbocycles. The van der Waals surface area contributed by atoms with E-state index in [1.165, 1.54) is 24.5 Å². The van der Waals surface area contributed by atoms with E-state index in [1.54, 1.807) is 11.6 Å². The number of nitrogens with zero attached hydrogens (tertiary/aromatic N) is 3. The number of hydrogen-bond acceptors (Lipinski definition) is 8. The van der Waals surface area contributed by atoms with Crippen LogP contribution in [0.1, 0.15) is 12.8 Å². The molecule has 1 aromatic carbocycles. The smallest absolute Gasteiger partial charge is 0.293 e. The lowest BCUT2D eigenvalue weighted by molar-refractivity contribution is -0.387. The number of ether oxygens (including phenoxy) is 1. The summed E-state index contributed by atoms with van der Waals surface area (Å²) in [7, 11) is -2.81. The molecule has 1 atom stereocenters. The molecule has 0 spiro atoms. The van der Waals surface area contributed by atoms with Gasteiger partial charge in [0, 0.05) is 24.7 Å². The van der Waals surface area contributed by atoms with E-state index in [4.69, 9.17) is 4.74 Å². The Morgan fingerprint density at radius 3 is 2.89 bits per heavy atom. The standard InChI is InChI=1S/C16H18N4O6S2/c1-26-12-4-5-14(13(9-12)20(22)23)28(24,25)19-7-2-3-11(10-19)15(21)18-16-17-6-8-27-16/h4-6,8-9,11H,2-3,7,10H2,1H3,(H,17,18,21). The number of nitrogens with one attached hydrogen (secondary N) is 1. The molecule has 2 heterocycles. The number of aromatic nitrogens is 1. The van der Waals surface area contributed by atoms with Gasteiger partial charge >= 0.3 is 0 Å². The summed E-state index contributed by atoms with van der Waals surface area (Å²) in [6, 6.07) is 3.59. The quantitative estimate of drug-likeness (QED) is 0.552. The Bertz CT molecular complexity index is 977. The molecule has 10 nitrogen and oxygen atoms in total. The predicted octanol–water partition coefficient (Wildman–Crippen LogP) is 2.10. The van der Waals surface area contributed by atoms with E-state index >= 15 is 0 Å². The maximum atomic E-state index is 13.0. The summed E-state index contributed by atoms with van der Waals surface area (Å²) in [5.41, 5.74) is -0.561. The Kier molecular flexibility index (Phi) is 5.91. The molecule has 1 aliphatic heterocycles. The van der Waals surface area contributed by atoms with Crippen LogP contribution in [0.5, 0.6) is 5.75 Å². The van der Waals surface area contributed by atoms with Gasteiger partial charge in [-0.1, -0.05) is 0 Å². The molecule has 150 valence electrons. The number of nitro groups is 1. The highest BCUT2D eigenvalue weighted by Crippen LogP contribution is 2.32. The third-order valence-electron chi connectivity index (χ3n) is 4.40. The summed E-state index contributed by atoms with van der Waals surface area (Å²) in [6.45, 7) is 0.134. The Hall–Kier alpha value is -2.57. The lowest BCUT2D eigenvalue weighted by atomic mass is 9.99. The highest BCUT2D eigenvalue weighted by Gasteiger charge is 2.37. The number of rotatable bonds is 6. The fourth-order valence-electron chi connectivity index (χ4n) is 2.99. The van der Waals surface area contributed by atoms with Gasteiger partial charge < -0.3 is 10.1 Å². The van der Waals surface area contributed by atoms with Gasteiger partial charge in [-0.2, -0.15) is 4.31 Å². The fraction of sp³-hybridized carbons (Fsp3) is 0.375. The Balaban J connectivity index is 1.84. The number of methoxy groups -OCH3 is 1. The first-order valence-corrected chi connectivity index (χ1v) is 10.7. The lowest BCUT2D eigenvalue weighted by Crippen LogP contribution is -2.43. The molecule has 28 heavy (non-hydrogen) atoms. The first-order valence-electron chi connectivity index (χ1n) is 8.36. The van der Waals surface area contributed by atoms with Crippen LogP contribution in [-0.4, -0.2) is 48.7 Å². The average Bonchev–Trinajstić information content (AvgIpc) is 3.20. The molecule has 12 heteroatoms. The van der Waals surface area contributed by atoms with E-state index in [1.807, 2.05) is 0 Å². The SMILES string of the molecule is COc1ccc(S(=O)(=O)N2CCCC(C(=O)Nc3nccs3)C2)c([N+](=O)[O-])c1. The Labute approximate surface area is 165 Å². The van der Waals surface area contributed by atoms with E-state index in [9.17, 15) is 23.3 Å². The third kappa shape index (κ3) is 4.13. The molecule has 0 radical (unpaired) electrons. The highest BCUT2D eigenvalue weighted by molar-refractivity contribution is 7.89. The molecule has 0 aliphatic carbocycles. The normalized spacial score (nSPS) is 17.8. The third-order valence-corrected chi connectivity index (χ3v) is 7.00. The molecule has 3 rings (SSSR count). The molecule has 0 bridgehead atoms. The van der Waals surface area contributed by atoms with E-state index in [2.05, 4.69) is 10.3 Å². The van der Waals surface area contributed by atoms with Crippen molar-refractivity contribution in [2.75, 3.05) is 25.5 Å². The lowest BCUT2D eigenvalue weighted by Gasteiger charge is -2.30. The number of nitro benzene ring substituents is 1. The summed E-state index contributed by atoms with van der Waals surface area (Å²) in [5, 5.41) is 16.2. The number of carbonyl (C=O) groups excluding carboxylic acids is 1. The van der Waals surface area contributed by atoms with Crippen LogP contribution in [-0.2, 0) is 14.8 Å². The minimum Gasteiger partial charge on any atom is -0.497 e. The zero-order chi connectivity index (χ0) is 20.3. The van der Waals surface area contributed by atoms with Crippen LogP contribution >= 0.6 is 11.3 Å². The number of hydrogen-bond donors (Lipinski definition) is 1. The van der Waals surface area contributed by atoms with Crippen molar-refractivity contribution in [1.29, 1.82) is 0 Å². The summed E-state index contributed by atoms with van der Waals surface area (Å²) in [6.07, 6.45) is 2.55. The number of piperidine rings is 1. The van der Waals surface area contributed by atoms with Crippen molar-refractivity contribution in [3.8, 4) is 5.75 Å². The number of benzene rings is 1. The molecule has 1 fully saturated rings. The van der Waals surface area contributed by atoms with Gasteiger partial charge in [-0.3, -0.25) is 14.9 Å². The molecular formula is C16H18N4O6S2. The molecule has 1 aliphatic rings. The maximum Gasteiger partial charge on any atom is 0.293 e. The van der Waals surface area contributed by atoms with Gasteiger partial charge in [-0.05, 0) is 25.0 Å². The number of carbonyl (C=O) groups is 1. The van der Waals surface area contributed by atoms with Gasteiger partial charge in [0.15, 0.2) is 10.0 Å². The molecule has 1 unspecified atom stereocenters. The van der Waals surface area contributed by atoms with Crippen LogP contribution in [0.4, 0.5) is 10.8 Å². The topological polar surface area (TPSA) is 132 Å². The first kappa shape index (κ1) is 20.2. The maximum absolute atomic E-state index is 13.0. The van der Waals surface area contributed by atoms with Crippen LogP contribution in [0.2, 0.25) is 0 Å². The number of sulfonamides is 1. The minimum absolute atomic E-state index is 0.0529. The van der Waals surface area contributed by atoms with Crippen molar-refractivity contribution in [3.05, 3.63) is 39.9 Å². The zero-order valence-electron chi connectivity index (χ0n) is 14.9. The van der Waals surface area contributed by atoms with E-state index in [0.717, 1.165) is 16.4 Å². The van der Waals surface area contributed by atoms with Crippen LogP contribution in [0.15, 0.2) is 34.7 Å². The van der Waals surface area contributed by atoms with Crippen LogP contribution in [0.25, 0.3) is 0 Å². The van der Waals surface area contributed by atoms with E-state index in [0.29, 0.717) is 18.0 Å². The summed E-state index contributed by atoms with van der Waals surface area (Å²) in [5.74, 6) is -0.700. The predicted molar refractivity (Wildman–Crippen MR) is 102 cm³/mol. The van der Waals surface area contributed by atoms with Crippen molar-refractivity contribution < 1.29 is 22.9 Å². The largest absolute Gasteiger partial charge is 0.497 e. The van der Waals surface area contributed by atoms with Crippen molar-refractivity contribution in [1.82, 2.24) is 9.29 Å². The summed E-state index contributed by atoms with van der Waals surface area (Å²) < 4.78 is 32.1. The average molecular weight is 426 g/mol. The number of anilines is 1. The minimum atomic E-state index is -4.15. The molecule has 1 saturated heterocycles. The van der Waals surface area contributed by atoms with Gasteiger partial charge in [0.2, 0.25) is 15.9 Å². The Morgan fingerprint density at radius 2 is 2.25 bits per heavy atom. The molecular weight excluding hydrogens is 408 g/mol. The van der Waals surface area contributed by atoms with E-state index in [-0.39, 0.29) is 24.7 Å². The van der Waals surface area contributed by atoms with Gasteiger partial charge in [0.25, 0.3) is 5.69 Å². The highest BCUT2D eigenvalue weighted by atomic mass is 32.2. The van der Waals surface area contributed by atoms with Crippen LogP contribution in [0, 0.1) is 16.0 Å². The second-order valence-corrected chi connectivity index (χ2v) is 8.92. The fourth-order valence-corrected chi connectivity index (χ4v) is 5.18. The molecule has 1 aromatic heterocycles. The molecule has 1 amide bonds. The second-order valence-electron chi connectivity index (χ2n) is 6.12. The first-order chi connectivity index (χ1) is 13.3. The Morgan fingerprint density at radius 1 is 1.46 bits per heavy atom. The van der Waals surface area contributed by atoms with Crippen molar-refractivity contribution >= 4 is 38.1 Å².